The van der Waals surface area contributed by atoms with Crippen molar-refractivity contribution < 1.29 is 9.59 Å². The molecule has 0 aliphatic carbocycles. The molecule has 31 heavy (non-hydrogen) atoms. The molecule has 4 aromatic rings. The highest BCUT2D eigenvalue weighted by atomic mass is 16.2. The first-order valence-corrected chi connectivity index (χ1v) is 9.73. The van der Waals surface area contributed by atoms with E-state index in [9.17, 15) is 9.59 Å². The number of amides is 3. The third-order valence-electron chi connectivity index (χ3n) is 4.80. The summed E-state index contributed by atoms with van der Waals surface area (Å²) in [6.45, 7) is 0.403. The molecule has 0 spiro atoms. The van der Waals surface area contributed by atoms with Crippen molar-refractivity contribution in [2.45, 2.75) is 6.54 Å². The SMILES string of the molecule is NC(=O)C(=Cc1c[nH]c2nccc(NC(=O)NCc3ccccc3)c12)c1ccccc1. The van der Waals surface area contributed by atoms with Gasteiger partial charge in [-0.1, -0.05) is 60.7 Å². The van der Waals surface area contributed by atoms with Crippen LogP contribution < -0.4 is 16.4 Å². The molecule has 0 fully saturated rings. The predicted molar refractivity (Wildman–Crippen MR) is 122 cm³/mol. The van der Waals surface area contributed by atoms with Crippen molar-refractivity contribution in [1.82, 2.24) is 15.3 Å². The van der Waals surface area contributed by atoms with Gasteiger partial charge in [-0.15, -0.1) is 0 Å². The van der Waals surface area contributed by atoms with E-state index < -0.39 is 5.91 Å². The number of nitrogens with zero attached hydrogens (tertiary/aromatic N) is 1. The van der Waals surface area contributed by atoms with Gasteiger partial charge < -0.3 is 21.4 Å². The van der Waals surface area contributed by atoms with E-state index in [-0.39, 0.29) is 6.03 Å². The van der Waals surface area contributed by atoms with Crippen molar-refractivity contribution in [3.05, 3.63) is 95.8 Å². The highest BCUT2D eigenvalue weighted by Crippen LogP contribution is 2.29. The lowest BCUT2D eigenvalue weighted by atomic mass is 10.0. The fourth-order valence-corrected chi connectivity index (χ4v) is 3.31. The fourth-order valence-electron chi connectivity index (χ4n) is 3.31. The van der Waals surface area contributed by atoms with Crippen LogP contribution in [0, 0.1) is 0 Å². The Morgan fingerprint density at radius 2 is 1.71 bits per heavy atom. The second-order valence-electron chi connectivity index (χ2n) is 6.91. The van der Waals surface area contributed by atoms with Gasteiger partial charge in [0.2, 0.25) is 5.91 Å². The molecule has 7 heteroatoms. The van der Waals surface area contributed by atoms with Crippen LogP contribution in [-0.4, -0.2) is 21.9 Å². The number of hydrogen-bond donors (Lipinski definition) is 4. The molecule has 0 saturated carbocycles. The van der Waals surface area contributed by atoms with Gasteiger partial charge in [0.05, 0.1) is 5.69 Å². The van der Waals surface area contributed by atoms with E-state index in [2.05, 4.69) is 20.6 Å². The molecule has 2 aromatic heterocycles. The summed E-state index contributed by atoms with van der Waals surface area (Å²) < 4.78 is 0. The summed E-state index contributed by atoms with van der Waals surface area (Å²) in [6, 6.07) is 20.2. The molecule has 0 bridgehead atoms. The van der Waals surface area contributed by atoms with Crippen molar-refractivity contribution in [1.29, 1.82) is 0 Å². The Morgan fingerprint density at radius 3 is 2.42 bits per heavy atom. The average Bonchev–Trinajstić information content (AvgIpc) is 3.21. The van der Waals surface area contributed by atoms with Gasteiger partial charge in [0.1, 0.15) is 5.65 Å². The number of aromatic amines is 1. The number of primary amides is 1. The summed E-state index contributed by atoms with van der Waals surface area (Å²) >= 11 is 0. The maximum atomic E-state index is 12.5. The minimum Gasteiger partial charge on any atom is -0.366 e. The van der Waals surface area contributed by atoms with Crippen LogP contribution in [0.5, 0.6) is 0 Å². The summed E-state index contributed by atoms with van der Waals surface area (Å²) in [6.07, 6.45) is 5.03. The maximum Gasteiger partial charge on any atom is 0.319 e. The fraction of sp³-hybridized carbons (Fsp3) is 0.0417. The van der Waals surface area contributed by atoms with Gasteiger partial charge in [0.15, 0.2) is 0 Å². The number of nitrogens with two attached hydrogens (primary N) is 1. The largest absolute Gasteiger partial charge is 0.366 e. The zero-order valence-electron chi connectivity index (χ0n) is 16.6. The minimum atomic E-state index is -0.542. The topological polar surface area (TPSA) is 113 Å². The highest BCUT2D eigenvalue weighted by molar-refractivity contribution is 6.24. The lowest BCUT2D eigenvalue weighted by Gasteiger charge is -2.10. The molecule has 5 N–H and O–H groups in total. The smallest absolute Gasteiger partial charge is 0.319 e. The zero-order chi connectivity index (χ0) is 21.6. The van der Waals surface area contributed by atoms with Crippen LogP contribution in [0.3, 0.4) is 0 Å². The van der Waals surface area contributed by atoms with E-state index in [4.69, 9.17) is 5.73 Å². The summed E-state index contributed by atoms with van der Waals surface area (Å²) in [7, 11) is 0. The first-order valence-electron chi connectivity index (χ1n) is 9.73. The first kappa shape index (κ1) is 19.9. The number of anilines is 1. The van der Waals surface area contributed by atoms with Gasteiger partial charge in [-0.25, -0.2) is 9.78 Å². The Labute approximate surface area is 179 Å². The van der Waals surface area contributed by atoms with Crippen LogP contribution in [0.25, 0.3) is 22.7 Å². The second-order valence-corrected chi connectivity index (χ2v) is 6.91. The molecule has 3 amide bonds. The van der Waals surface area contributed by atoms with E-state index >= 15 is 0 Å². The molecular weight excluding hydrogens is 390 g/mol. The third-order valence-corrected chi connectivity index (χ3v) is 4.80. The lowest BCUT2D eigenvalue weighted by Crippen LogP contribution is -2.28. The number of carbonyl (C=O) groups is 2. The number of aromatic nitrogens is 2. The molecular formula is C24H21N5O2. The zero-order valence-corrected chi connectivity index (χ0v) is 16.6. The standard InChI is InChI=1S/C24H21N5O2/c25-22(30)19(17-9-5-2-6-10-17)13-18-15-27-23-21(18)20(11-12-26-23)29-24(31)28-14-16-7-3-1-4-8-16/h1-13,15H,14H2,(H2,25,30)(H3,26,27,28,29,31). The van der Waals surface area contributed by atoms with E-state index in [1.807, 2.05) is 60.7 Å². The summed E-state index contributed by atoms with van der Waals surface area (Å²) in [4.78, 5) is 32.0. The molecule has 2 aromatic carbocycles. The number of rotatable bonds is 6. The number of fused-ring (bicyclic) bond motifs is 1. The first-order chi connectivity index (χ1) is 15.1. The van der Waals surface area contributed by atoms with Crippen molar-refractivity contribution in [2.75, 3.05) is 5.32 Å². The molecule has 0 unspecified atom stereocenters. The number of pyridine rings is 1. The molecule has 2 heterocycles. The molecule has 0 radical (unpaired) electrons. The Morgan fingerprint density at radius 1 is 1.00 bits per heavy atom. The number of hydrogen-bond acceptors (Lipinski definition) is 3. The van der Waals surface area contributed by atoms with Crippen molar-refractivity contribution in [3.63, 3.8) is 0 Å². The van der Waals surface area contributed by atoms with Crippen LogP contribution in [0.1, 0.15) is 16.7 Å². The quantitative estimate of drug-likeness (QED) is 0.361. The Hall–Kier alpha value is -4.39. The van der Waals surface area contributed by atoms with E-state index in [0.717, 1.165) is 5.56 Å². The Bertz CT molecular complexity index is 1250. The molecule has 0 atom stereocenters. The lowest BCUT2D eigenvalue weighted by molar-refractivity contribution is -0.112. The Kier molecular flexibility index (Phi) is 5.75. The normalized spacial score (nSPS) is 11.3. The van der Waals surface area contributed by atoms with Crippen LogP contribution in [0.15, 0.2) is 79.1 Å². The second kappa shape index (κ2) is 8.96. The van der Waals surface area contributed by atoms with E-state index in [0.29, 0.717) is 40.0 Å². The predicted octanol–water partition coefficient (Wildman–Crippen LogP) is 3.91. The number of benzene rings is 2. The molecule has 4 rings (SSSR count). The highest BCUT2D eigenvalue weighted by Gasteiger charge is 2.14. The van der Waals surface area contributed by atoms with Crippen molar-refractivity contribution in [2.24, 2.45) is 5.73 Å². The Balaban J connectivity index is 1.63. The number of nitrogens with one attached hydrogen (secondary N) is 3. The van der Waals surface area contributed by atoms with Crippen molar-refractivity contribution >= 4 is 40.3 Å². The van der Waals surface area contributed by atoms with Gasteiger partial charge in [-0.3, -0.25) is 4.79 Å². The van der Waals surface area contributed by atoms with Crippen LogP contribution >= 0.6 is 0 Å². The van der Waals surface area contributed by atoms with Gasteiger partial charge in [0, 0.05) is 35.5 Å². The monoisotopic (exact) mass is 411 g/mol. The maximum absolute atomic E-state index is 12.5. The van der Waals surface area contributed by atoms with Gasteiger partial charge >= 0.3 is 6.03 Å². The van der Waals surface area contributed by atoms with Crippen molar-refractivity contribution in [3.8, 4) is 0 Å². The van der Waals surface area contributed by atoms with Gasteiger partial charge in [0.25, 0.3) is 0 Å². The molecule has 154 valence electrons. The number of carbonyl (C=O) groups excluding carboxylic acids is 2. The summed E-state index contributed by atoms with van der Waals surface area (Å²) in [5.74, 6) is -0.542. The van der Waals surface area contributed by atoms with Crippen LogP contribution in [-0.2, 0) is 11.3 Å². The summed E-state index contributed by atoms with van der Waals surface area (Å²) in [5, 5.41) is 6.39. The third kappa shape index (κ3) is 4.62. The molecule has 0 aliphatic rings. The van der Waals surface area contributed by atoms with Crippen LogP contribution in [0.4, 0.5) is 10.5 Å². The number of H-pyrrole nitrogens is 1. The van der Waals surface area contributed by atoms with Gasteiger partial charge in [-0.05, 0) is 23.3 Å². The summed E-state index contributed by atoms with van der Waals surface area (Å²) in [5.41, 5.74) is 9.55. The van der Waals surface area contributed by atoms with Crippen LogP contribution in [0.2, 0.25) is 0 Å². The average molecular weight is 411 g/mol. The van der Waals surface area contributed by atoms with Gasteiger partial charge in [-0.2, -0.15) is 0 Å². The molecule has 0 aliphatic heterocycles. The minimum absolute atomic E-state index is 0.342. The van der Waals surface area contributed by atoms with E-state index in [1.165, 1.54) is 0 Å². The van der Waals surface area contributed by atoms with E-state index in [1.54, 1.807) is 24.5 Å². The molecule has 0 saturated heterocycles. The number of urea groups is 1. The molecule has 7 nitrogen and oxygen atoms in total.